The van der Waals surface area contributed by atoms with Crippen LogP contribution in [-0.2, 0) is 11.3 Å². The summed E-state index contributed by atoms with van der Waals surface area (Å²) in [5.41, 5.74) is 1.22. The molecule has 0 atom stereocenters. The van der Waals surface area contributed by atoms with E-state index >= 15 is 0 Å². The molecule has 2 aromatic carbocycles. The standard InChI is InChI=1S/C22H23N3O3/c1-3-24(4-2)22(28)18-14-21(27)25(19-13-9-8-12-17(18)19)15-20(26)23-16-10-6-5-7-11-16/h5-14H,3-4,15H2,1-2H3,(H,23,26). The van der Waals surface area contributed by atoms with Crippen LogP contribution in [0.2, 0.25) is 0 Å². The monoisotopic (exact) mass is 377 g/mol. The van der Waals surface area contributed by atoms with Crippen molar-refractivity contribution in [3.63, 3.8) is 0 Å². The number of para-hydroxylation sites is 2. The Hall–Kier alpha value is -3.41. The highest BCUT2D eigenvalue weighted by atomic mass is 16.2. The summed E-state index contributed by atoms with van der Waals surface area (Å²) in [6.45, 7) is 4.80. The Balaban J connectivity index is 1.99. The number of rotatable bonds is 6. The molecule has 0 aliphatic heterocycles. The van der Waals surface area contributed by atoms with Crippen molar-refractivity contribution >= 4 is 28.4 Å². The van der Waals surface area contributed by atoms with E-state index in [9.17, 15) is 14.4 Å². The predicted octanol–water partition coefficient (Wildman–Crippen LogP) is 3.12. The van der Waals surface area contributed by atoms with Gasteiger partial charge in [0.15, 0.2) is 0 Å². The van der Waals surface area contributed by atoms with Gasteiger partial charge in [-0.1, -0.05) is 36.4 Å². The van der Waals surface area contributed by atoms with Gasteiger partial charge in [-0.25, -0.2) is 0 Å². The molecule has 0 aliphatic carbocycles. The maximum atomic E-state index is 12.8. The number of aromatic nitrogens is 1. The van der Waals surface area contributed by atoms with Gasteiger partial charge >= 0.3 is 0 Å². The molecule has 0 spiro atoms. The summed E-state index contributed by atoms with van der Waals surface area (Å²) < 4.78 is 1.40. The van der Waals surface area contributed by atoms with E-state index in [1.165, 1.54) is 10.6 Å². The molecule has 0 radical (unpaired) electrons. The smallest absolute Gasteiger partial charge is 0.254 e. The van der Waals surface area contributed by atoms with Gasteiger partial charge in [0.05, 0.1) is 11.1 Å². The summed E-state index contributed by atoms with van der Waals surface area (Å²) in [5.74, 6) is -0.486. The lowest BCUT2D eigenvalue weighted by molar-refractivity contribution is -0.116. The van der Waals surface area contributed by atoms with Crippen LogP contribution in [0.15, 0.2) is 65.5 Å². The highest BCUT2D eigenvalue weighted by molar-refractivity contribution is 6.06. The molecule has 1 aromatic heterocycles. The second-order valence-corrected chi connectivity index (χ2v) is 6.39. The van der Waals surface area contributed by atoms with E-state index in [-0.39, 0.29) is 23.9 Å². The summed E-state index contributed by atoms with van der Waals surface area (Å²) in [4.78, 5) is 39.7. The number of hydrogen-bond donors (Lipinski definition) is 1. The van der Waals surface area contributed by atoms with Crippen LogP contribution in [0.1, 0.15) is 24.2 Å². The van der Waals surface area contributed by atoms with E-state index in [1.54, 1.807) is 35.2 Å². The zero-order valence-electron chi connectivity index (χ0n) is 16.0. The highest BCUT2D eigenvalue weighted by Gasteiger charge is 2.19. The maximum absolute atomic E-state index is 12.8. The molecular formula is C22H23N3O3. The Morgan fingerprint density at radius 1 is 0.964 bits per heavy atom. The van der Waals surface area contributed by atoms with Gasteiger partial charge in [-0.2, -0.15) is 0 Å². The number of nitrogens with zero attached hydrogens (tertiary/aromatic N) is 2. The Kier molecular flexibility index (Phi) is 5.89. The molecule has 0 fully saturated rings. The quantitative estimate of drug-likeness (QED) is 0.717. The van der Waals surface area contributed by atoms with Crippen LogP contribution in [0.3, 0.4) is 0 Å². The molecule has 3 aromatic rings. The van der Waals surface area contributed by atoms with E-state index in [1.807, 2.05) is 38.1 Å². The number of benzene rings is 2. The van der Waals surface area contributed by atoms with Crippen LogP contribution in [0.4, 0.5) is 5.69 Å². The molecule has 0 saturated heterocycles. The minimum Gasteiger partial charge on any atom is -0.339 e. The number of fused-ring (bicyclic) bond motifs is 1. The van der Waals surface area contributed by atoms with E-state index in [4.69, 9.17) is 0 Å². The van der Waals surface area contributed by atoms with E-state index < -0.39 is 0 Å². The molecule has 2 amide bonds. The summed E-state index contributed by atoms with van der Waals surface area (Å²) in [6.07, 6.45) is 0. The Morgan fingerprint density at radius 2 is 1.61 bits per heavy atom. The molecular weight excluding hydrogens is 354 g/mol. The van der Waals surface area contributed by atoms with Crippen molar-refractivity contribution in [1.82, 2.24) is 9.47 Å². The minimum atomic E-state index is -0.377. The van der Waals surface area contributed by atoms with E-state index in [0.29, 0.717) is 35.2 Å². The Morgan fingerprint density at radius 3 is 2.29 bits per heavy atom. The fraction of sp³-hybridized carbons (Fsp3) is 0.227. The first-order chi connectivity index (χ1) is 13.5. The van der Waals surface area contributed by atoms with Gasteiger partial charge in [0, 0.05) is 30.2 Å². The van der Waals surface area contributed by atoms with Crippen molar-refractivity contribution < 1.29 is 9.59 Å². The van der Waals surface area contributed by atoms with Crippen LogP contribution in [0, 0.1) is 0 Å². The van der Waals surface area contributed by atoms with Crippen molar-refractivity contribution in [1.29, 1.82) is 0 Å². The lowest BCUT2D eigenvalue weighted by atomic mass is 10.1. The number of carbonyl (C=O) groups is 2. The Labute approximate surface area is 163 Å². The first-order valence-electron chi connectivity index (χ1n) is 9.32. The summed E-state index contributed by atoms with van der Waals surface area (Å²) in [7, 11) is 0. The van der Waals surface area contributed by atoms with Crippen molar-refractivity contribution in [2.24, 2.45) is 0 Å². The first-order valence-corrected chi connectivity index (χ1v) is 9.32. The number of anilines is 1. The molecule has 28 heavy (non-hydrogen) atoms. The SMILES string of the molecule is CCN(CC)C(=O)c1cc(=O)n(CC(=O)Nc2ccccc2)c2ccccc12. The molecule has 6 nitrogen and oxygen atoms in total. The number of nitrogens with one attached hydrogen (secondary N) is 1. The van der Waals surface area contributed by atoms with Crippen molar-refractivity contribution in [3.8, 4) is 0 Å². The van der Waals surface area contributed by atoms with Crippen LogP contribution in [-0.4, -0.2) is 34.4 Å². The molecule has 1 N–H and O–H groups in total. The number of amides is 2. The third-order valence-corrected chi connectivity index (χ3v) is 4.66. The fourth-order valence-corrected chi connectivity index (χ4v) is 3.22. The molecule has 144 valence electrons. The molecule has 0 bridgehead atoms. The van der Waals surface area contributed by atoms with E-state index in [0.717, 1.165) is 0 Å². The van der Waals surface area contributed by atoms with Gasteiger partial charge in [-0.05, 0) is 32.0 Å². The second kappa shape index (κ2) is 8.52. The van der Waals surface area contributed by atoms with Crippen molar-refractivity contribution in [2.45, 2.75) is 20.4 Å². The summed E-state index contributed by atoms with van der Waals surface area (Å²) in [6, 6.07) is 17.6. The molecule has 1 heterocycles. The zero-order valence-corrected chi connectivity index (χ0v) is 16.0. The third-order valence-electron chi connectivity index (χ3n) is 4.66. The average molecular weight is 377 g/mol. The molecule has 0 aliphatic rings. The lowest BCUT2D eigenvalue weighted by Crippen LogP contribution is -2.33. The van der Waals surface area contributed by atoms with Crippen molar-refractivity contribution in [3.05, 3.63) is 76.6 Å². The summed E-state index contributed by atoms with van der Waals surface area (Å²) >= 11 is 0. The largest absolute Gasteiger partial charge is 0.339 e. The molecule has 3 rings (SSSR count). The molecule has 0 saturated carbocycles. The minimum absolute atomic E-state index is 0.131. The topological polar surface area (TPSA) is 71.4 Å². The molecule has 6 heteroatoms. The fourth-order valence-electron chi connectivity index (χ4n) is 3.22. The average Bonchev–Trinajstić information content (AvgIpc) is 2.71. The van der Waals surface area contributed by atoms with Crippen molar-refractivity contribution in [2.75, 3.05) is 18.4 Å². The maximum Gasteiger partial charge on any atom is 0.254 e. The third kappa shape index (κ3) is 3.96. The second-order valence-electron chi connectivity index (χ2n) is 6.39. The first kappa shape index (κ1) is 19.4. The van der Waals surface area contributed by atoms with Gasteiger partial charge in [0.1, 0.15) is 6.54 Å². The highest BCUT2D eigenvalue weighted by Crippen LogP contribution is 2.19. The molecule has 0 unspecified atom stereocenters. The van der Waals surface area contributed by atoms with E-state index in [2.05, 4.69) is 5.32 Å². The summed E-state index contributed by atoms with van der Waals surface area (Å²) in [5, 5.41) is 3.44. The Bertz CT molecular complexity index is 1050. The van der Waals surface area contributed by atoms with Gasteiger partial charge in [-0.3, -0.25) is 19.0 Å². The predicted molar refractivity (Wildman–Crippen MR) is 111 cm³/mol. The van der Waals surface area contributed by atoms with Crippen LogP contribution >= 0.6 is 0 Å². The number of carbonyl (C=O) groups excluding carboxylic acids is 2. The van der Waals surface area contributed by atoms with Gasteiger partial charge in [0.2, 0.25) is 5.91 Å². The van der Waals surface area contributed by atoms with Gasteiger partial charge in [0.25, 0.3) is 11.5 Å². The van der Waals surface area contributed by atoms with Crippen LogP contribution < -0.4 is 10.9 Å². The van der Waals surface area contributed by atoms with Crippen LogP contribution in [0.5, 0.6) is 0 Å². The normalized spacial score (nSPS) is 10.6. The van der Waals surface area contributed by atoms with Gasteiger partial charge in [-0.15, -0.1) is 0 Å². The number of pyridine rings is 1. The number of hydrogen-bond acceptors (Lipinski definition) is 3. The lowest BCUT2D eigenvalue weighted by Gasteiger charge is -2.20. The van der Waals surface area contributed by atoms with Crippen LogP contribution in [0.25, 0.3) is 10.9 Å². The van der Waals surface area contributed by atoms with Gasteiger partial charge < -0.3 is 10.2 Å². The zero-order chi connectivity index (χ0) is 20.1.